The van der Waals surface area contributed by atoms with E-state index < -0.39 is 0 Å². The lowest BCUT2D eigenvalue weighted by Crippen LogP contribution is -2.51. The highest BCUT2D eigenvalue weighted by atomic mass is 35.5. The van der Waals surface area contributed by atoms with Crippen LogP contribution in [0.25, 0.3) is 11.1 Å². The summed E-state index contributed by atoms with van der Waals surface area (Å²) in [6, 6.07) is 9.99. The number of aromatic nitrogens is 1. The second-order valence-electron chi connectivity index (χ2n) is 7.15. The van der Waals surface area contributed by atoms with Crippen molar-refractivity contribution in [3.8, 4) is 23.3 Å². The van der Waals surface area contributed by atoms with Crippen molar-refractivity contribution in [2.24, 2.45) is 0 Å². The highest BCUT2D eigenvalue weighted by molar-refractivity contribution is 6.43. The van der Waals surface area contributed by atoms with E-state index in [0.29, 0.717) is 41.8 Å². The van der Waals surface area contributed by atoms with E-state index in [9.17, 15) is 10.5 Å². The van der Waals surface area contributed by atoms with Crippen LogP contribution in [0.15, 0.2) is 30.6 Å². The molecule has 6 nitrogen and oxygen atoms in total. The van der Waals surface area contributed by atoms with Crippen LogP contribution in [0.4, 0.5) is 0 Å². The number of hydrogen-bond donors (Lipinski definition) is 0. The van der Waals surface area contributed by atoms with Crippen LogP contribution in [0.3, 0.4) is 0 Å². The highest BCUT2D eigenvalue weighted by Crippen LogP contribution is 2.37. The zero-order valence-electron chi connectivity index (χ0n) is 17.0. The Hall–Kier alpha value is -2.06. The van der Waals surface area contributed by atoms with Gasteiger partial charge in [0.05, 0.1) is 41.1 Å². The molecule has 2 aromatic rings. The van der Waals surface area contributed by atoms with Crippen molar-refractivity contribution in [1.82, 2.24) is 14.6 Å². The summed E-state index contributed by atoms with van der Waals surface area (Å²) >= 11 is 12.6. The predicted octanol–water partition coefficient (Wildman–Crippen LogP) is 5.10. The maximum absolute atomic E-state index is 9.77. The molecule has 1 saturated heterocycles. The van der Waals surface area contributed by atoms with Gasteiger partial charge in [0.2, 0.25) is 0 Å². The van der Waals surface area contributed by atoms with Crippen LogP contribution < -0.4 is 0 Å². The maximum Gasteiger partial charge on any atom is 0.101 e. The van der Waals surface area contributed by atoms with E-state index in [0.717, 1.165) is 37.1 Å². The molecule has 1 aliphatic heterocycles. The van der Waals surface area contributed by atoms with Crippen molar-refractivity contribution in [2.45, 2.75) is 32.4 Å². The first kappa shape index (κ1) is 22.6. The molecule has 1 atom stereocenters. The number of hydrogen-bond acceptors (Lipinski definition) is 5. The Morgan fingerprint density at radius 3 is 2.60 bits per heavy atom. The maximum atomic E-state index is 9.77. The van der Waals surface area contributed by atoms with Gasteiger partial charge in [-0.1, -0.05) is 48.7 Å². The minimum absolute atomic E-state index is 0.0136. The monoisotopic (exact) mass is 445 g/mol. The first-order valence-electron chi connectivity index (χ1n) is 10.1. The molecular weight excluding hydrogens is 421 g/mol. The molecule has 1 fully saturated rings. The smallest absolute Gasteiger partial charge is 0.101 e. The minimum atomic E-state index is -0.0136. The number of morpholine rings is 1. The van der Waals surface area contributed by atoms with Gasteiger partial charge in [0.25, 0.3) is 0 Å². The van der Waals surface area contributed by atoms with Gasteiger partial charge in [0, 0.05) is 49.6 Å². The fourth-order valence-corrected chi connectivity index (χ4v) is 4.23. The van der Waals surface area contributed by atoms with E-state index in [1.165, 1.54) is 0 Å². The molecule has 0 saturated carbocycles. The molecule has 0 N–H and O–H groups in total. The average Bonchev–Trinajstić information content (AvgIpc) is 3.20. The summed E-state index contributed by atoms with van der Waals surface area (Å²) in [6.45, 7) is 5.66. The standard InChI is InChI=1S/C22H25Cl2N5O/c1-2-5-21(29(9-4-8-25)28-10-12-30-13-11-28)27-15-17(14-26)19(16-27)18-6-3-7-20(23)22(18)24/h3,6-7,15-16,21H,2,4-5,9-13H2,1H3. The normalized spacial score (nSPS) is 15.7. The van der Waals surface area contributed by atoms with E-state index >= 15 is 0 Å². The first-order valence-corrected chi connectivity index (χ1v) is 10.9. The molecular formula is C22H25Cl2N5O. The summed E-state index contributed by atoms with van der Waals surface area (Å²) in [7, 11) is 0. The van der Waals surface area contributed by atoms with Crippen molar-refractivity contribution < 1.29 is 4.74 Å². The molecule has 158 valence electrons. The van der Waals surface area contributed by atoms with Crippen LogP contribution in [0.1, 0.15) is 37.9 Å². The fraction of sp³-hybridized carbons (Fsp3) is 0.455. The second-order valence-corrected chi connectivity index (χ2v) is 7.94. The fourth-order valence-electron chi connectivity index (χ4n) is 3.83. The summed E-state index contributed by atoms with van der Waals surface area (Å²) in [4.78, 5) is 0. The summed E-state index contributed by atoms with van der Waals surface area (Å²) in [5.74, 6) is 0. The zero-order valence-corrected chi connectivity index (χ0v) is 18.5. The number of rotatable bonds is 8. The second kappa shape index (κ2) is 10.8. The molecule has 1 unspecified atom stereocenters. The van der Waals surface area contributed by atoms with E-state index in [2.05, 4.69) is 33.6 Å². The molecule has 1 aliphatic rings. The van der Waals surface area contributed by atoms with Gasteiger partial charge in [0.1, 0.15) is 6.07 Å². The molecule has 2 heterocycles. The molecule has 0 spiro atoms. The van der Waals surface area contributed by atoms with Gasteiger partial charge in [-0.15, -0.1) is 0 Å². The Bertz CT molecular complexity index is 940. The van der Waals surface area contributed by atoms with Crippen LogP contribution in [0, 0.1) is 22.7 Å². The van der Waals surface area contributed by atoms with Gasteiger partial charge < -0.3 is 9.30 Å². The van der Waals surface area contributed by atoms with E-state index in [1.54, 1.807) is 6.07 Å². The van der Waals surface area contributed by atoms with Gasteiger partial charge in [-0.3, -0.25) is 0 Å². The van der Waals surface area contributed by atoms with Gasteiger partial charge in [-0.2, -0.15) is 10.5 Å². The topological polar surface area (TPSA) is 68.2 Å². The van der Waals surface area contributed by atoms with Gasteiger partial charge in [-0.25, -0.2) is 10.0 Å². The Morgan fingerprint density at radius 1 is 1.17 bits per heavy atom. The number of benzene rings is 1. The molecule has 0 amide bonds. The van der Waals surface area contributed by atoms with Crippen LogP contribution in [0.5, 0.6) is 0 Å². The SMILES string of the molecule is CCCC(N(CCC#N)N1CCOCC1)n1cc(C#N)c(-c2cccc(Cl)c2Cl)c1. The van der Waals surface area contributed by atoms with Crippen LogP contribution in [-0.2, 0) is 4.74 Å². The molecule has 0 aliphatic carbocycles. The average molecular weight is 446 g/mol. The number of ether oxygens (including phenoxy) is 1. The third-order valence-electron chi connectivity index (χ3n) is 5.25. The lowest BCUT2D eigenvalue weighted by atomic mass is 10.1. The molecule has 3 rings (SSSR count). The van der Waals surface area contributed by atoms with Gasteiger partial charge >= 0.3 is 0 Å². The summed E-state index contributed by atoms with van der Waals surface area (Å²) in [5, 5.41) is 24.4. The van der Waals surface area contributed by atoms with Crippen molar-refractivity contribution in [3.63, 3.8) is 0 Å². The Balaban J connectivity index is 2.02. The van der Waals surface area contributed by atoms with Crippen molar-refractivity contribution in [2.75, 3.05) is 32.8 Å². The Morgan fingerprint density at radius 2 is 1.93 bits per heavy atom. The largest absolute Gasteiger partial charge is 0.379 e. The number of halogens is 2. The molecule has 8 heteroatoms. The Labute approximate surface area is 187 Å². The van der Waals surface area contributed by atoms with Crippen molar-refractivity contribution in [3.05, 3.63) is 46.2 Å². The summed E-state index contributed by atoms with van der Waals surface area (Å²) in [5.41, 5.74) is 2.04. The molecule has 0 radical (unpaired) electrons. The van der Waals surface area contributed by atoms with E-state index in [1.807, 2.05) is 24.5 Å². The number of hydrazine groups is 1. The first-order chi connectivity index (χ1) is 14.6. The number of nitrogens with zero attached hydrogens (tertiary/aromatic N) is 5. The molecule has 30 heavy (non-hydrogen) atoms. The van der Waals surface area contributed by atoms with Crippen molar-refractivity contribution >= 4 is 23.2 Å². The van der Waals surface area contributed by atoms with Gasteiger partial charge in [0.15, 0.2) is 0 Å². The quantitative estimate of drug-likeness (QED) is 0.565. The Kier molecular flexibility index (Phi) is 8.16. The van der Waals surface area contributed by atoms with E-state index in [4.69, 9.17) is 27.9 Å². The van der Waals surface area contributed by atoms with E-state index in [-0.39, 0.29) is 6.17 Å². The van der Waals surface area contributed by atoms with Crippen LogP contribution in [0.2, 0.25) is 10.0 Å². The summed E-state index contributed by atoms with van der Waals surface area (Å²) < 4.78 is 7.58. The third kappa shape index (κ3) is 4.98. The lowest BCUT2D eigenvalue weighted by molar-refractivity contribution is -0.131. The number of nitriles is 2. The highest BCUT2D eigenvalue weighted by Gasteiger charge is 2.28. The van der Waals surface area contributed by atoms with Crippen molar-refractivity contribution in [1.29, 1.82) is 10.5 Å². The predicted molar refractivity (Wildman–Crippen MR) is 118 cm³/mol. The van der Waals surface area contributed by atoms with Crippen LogP contribution >= 0.6 is 23.2 Å². The molecule has 1 aromatic carbocycles. The molecule has 0 bridgehead atoms. The summed E-state index contributed by atoms with van der Waals surface area (Å²) in [6.07, 6.45) is 6.09. The zero-order chi connectivity index (χ0) is 21.5. The third-order valence-corrected chi connectivity index (χ3v) is 6.07. The van der Waals surface area contributed by atoms with Crippen LogP contribution in [-0.4, -0.2) is 47.4 Å². The lowest BCUT2D eigenvalue weighted by Gasteiger charge is -2.42. The molecule has 1 aromatic heterocycles. The minimum Gasteiger partial charge on any atom is -0.379 e. The van der Waals surface area contributed by atoms with Gasteiger partial charge in [-0.05, 0) is 12.5 Å².